The van der Waals surface area contributed by atoms with Gasteiger partial charge in [0.15, 0.2) is 11.2 Å². The number of hydrogen-bond donors (Lipinski definition) is 6. The highest BCUT2D eigenvalue weighted by Gasteiger charge is 2.75. The van der Waals surface area contributed by atoms with E-state index in [1.165, 1.54) is 26.4 Å². The minimum atomic E-state index is -2.32. The van der Waals surface area contributed by atoms with Crippen molar-refractivity contribution in [3.05, 3.63) is 46.6 Å². The first-order chi connectivity index (χ1) is 26.4. The standard InChI is InChI=1S/C42H58NO12/c1-4-26-27(20-34(47)48)29(37(49)52-3)21-39(15-8-9-16-39)36(26)55-41(23-46)40(51)17-14-30-28-19-31(24(2)25-11-6-5-7-12-25)43-35(28)32(13-10-18-44)53-42(30,38(40)50)33(22-45)54-41/h4,19,21,24-27,33,36,38,44-46,50-51H,1,5-18,20,22-23H2,2-3H3,(H,47,48)/q-1. The Hall–Kier alpha value is -3.04. The molecule has 6 N–H and O–H groups in total. The minimum absolute atomic E-state index is 0.113. The highest BCUT2D eigenvalue weighted by atomic mass is 16.7. The molecule has 13 heteroatoms. The van der Waals surface area contributed by atoms with Gasteiger partial charge in [-0.1, -0.05) is 62.6 Å². The summed E-state index contributed by atoms with van der Waals surface area (Å²) in [6, 6.07) is 2.05. The fraction of sp³-hybridized carbons (Fsp3) is 0.714. The van der Waals surface area contributed by atoms with Crippen molar-refractivity contribution in [3.63, 3.8) is 0 Å². The molecule has 9 unspecified atom stereocenters. The van der Waals surface area contributed by atoms with Crippen LogP contribution in [0.15, 0.2) is 30.4 Å². The quantitative estimate of drug-likeness (QED) is 0.126. The summed E-state index contributed by atoms with van der Waals surface area (Å²) in [4.78, 5) is 30.5. The SMILES string of the molecule is C=CC1C(CC(=O)O)C(C(=O)OC)=CC2(CCCC2)C1OC1(CO)OC(CO)C23OC(CCCO)=c4[n-]c(C(C)C5CCCCC5)cc4=C2CCC1(O)C3O. The number of fused-ring (bicyclic) bond motifs is 2. The molecule has 0 amide bonds. The molecule has 3 heterocycles. The maximum Gasteiger partial charge on any atom is 0.333 e. The Balaban J connectivity index is 1.34. The van der Waals surface area contributed by atoms with Gasteiger partial charge in [0.1, 0.15) is 18.8 Å². The number of aliphatic hydroxyl groups excluding tert-OH is 4. The van der Waals surface area contributed by atoms with Gasteiger partial charge < -0.3 is 54.6 Å². The Morgan fingerprint density at radius 2 is 1.84 bits per heavy atom. The lowest BCUT2D eigenvalue weighted by molar-refractivity contribution is -0.439. The van der Waals surface area contributed by atoms with Crippen LogP contribution in [-0.4, -0.2) is 105 Å². The number of aliphatic hydroxyl groups is 5. The third-order valence-corrected chi connectivity index (χ3v) is 14.1. The number of nitrogens with zero attached hydrogens (tertiary/aromatic N) is 1. The van der Waals surface area contributed by atoms with Crippen LogP contribution in [0.5, 0.6) is 0 Å². The van der Waals surface area contributed by atoms with Crippen molar-refractivity contribution in [1.29, 1.82) is 0 Å². The minimum Gasteiger partial charge on any atom is -0.658 e. The number of aromatic nitrogens is 1. The maximum absolute atomic E-state index is 13.2. The molecule has 0 aromatic carbocycles. The Morgan fingerprint density at radius 1 is 1.11 bits per heavy atom. The summed E-state index contributed by atoms with van der Waals surface area (Å²) >= 11 is 0. The maximum atomic E-state index is 13.2. The predicted octanol–water partition coefficient (Wildman–Crippen LogP) is 2.05. The van der Waals surface area contributed by atoms with E-state index in [9.17, 15) is 40.2 Å². The summed E-state index contributed by atoms with van der Waals surface area (Å²) in [5, 5.41) is 69.3. The summed E-state index contributed by atoms with van der Waals surface area (Å²) < 4.78 is 25.5. The van der Waals surface area contributed by atoms with Crippen LogP contribution in [-0.2, 0) is 28.5 Å². The molecule has 2 bridgehead atoms. The Labute approximate surface area is 321 Å². The van der Waals surface area contributed by atoms with Gasteiger partial charge in [-0.2, -0.15) is 5.69 Å². The van der Waals surface area contributed by atoms with E-state index < -0.39 is 84.1 Å². The zero-order chi connectivity index (χ0) is 39.3. The van der Waals surface area contributed by atoms with Gasteiger partial charge in [-0.3, -0.25) is 4.79 Å². The topological polar surface area (TPSA) is 207 Å². The van der Waals surface area contributed by atoms with Gasteiger partial charge in [0.2, 0.25) is 5.79 Å². The van der Waals surface area contributed by atoms with Gasteiger partial charge in [-0.05, 0) is 67.6 Å². The largest absolute Gasteiger partial charge is 0.658 e. The molecule has 4 fully saturated rings. The summed E-state index contributed by atoms with van der Waals surface area (Å²) in [6.07, 6.45) is 7.96. The average Bonchev–Trinajstić information content (AvgIpc) is 3.86. The summed E-state index contributed by atoms with van der Waals surface area (Å²) in [7, 11) is 1.24. The number of carbonyl (C=O) groups excluding carboxylic acids is 1. The van der Waals surface area contributed by atoms with Crippen molar-refractivity contribution >= 4 is 23.3 Å². The van der Waals surface area contributed by atoms with Crippen molar-refractivity contribution in [3.8, 4) is 0 Å². The summed E-state index contributed by atoms with van der Waals surface area (Å²) in [6.45, 7) is 4.50. The van der Waals surface area contributed by atoms with Crippen LogP contribution in [0.3, 0.4) is 0 Å². The lowest BCUT2D eigenvalue weighted by atomic mass is 9.60. The molecule has 3 saturated carbocycles. The number of aliphatic carboxylic acids is 1. The van der Waals surface area contributed by atoms with E-state index in [1.54, 1.807) is 12.2 Å². The first-order valence-electron chi connectivity index (χ1n) is 20.2. The third-order valence-electron chi connectivity index (χ3n) is 14.1. The van der Waals surface area contributed by atoms with Gasteiger partial charge in [0, 0.05) is 35.9 Å². The van der Waals surface area contributed by atoms with Crippen LogP contribution in [0.4, 0.5) is 0 Å². The second-order valence-corrected chi connectivity index (χ2v) is 16.9. The molecule has 55 heavy (non-hydrogen) atoms. The van der Waals surface area contributed by atoms with Crippen molar-refractivity contribution in [2.24, 2.45) is 23.2 Å². The Kier molecular flexibility index (Phi) is 11.2. The second kappa shape index (κ2) is 15.4. The average molecular weight is 769 g/mol. The highest BCUT2D eigenvalue weighted by Crippen LogP contribution is 2.60. The Morgan fingerprint density at radius 3 is 2.45 bits per heavy atom. The monoisotopic (exact) mass is 768 g/mol. The molecule has 1 aromatic heterocycles. The van der Waals surface area contributed by atoms with Crippen molar-refractivity contribution < 1.29 is 59.2 Å². The van der Waals surface area contributed by atoms with Crippen LogP contribution >= 0.6 is 0 Å². The summed E-state index contributed by atoms with van der Waals surface area (Å²) in [5.41, 5.74) is -3.18. The third kappa shape index (κ3) is 6.24. The van der Waals surface area contributed by atoms with Crippen LogP contribution in [0.1, 0.15) is 108 Å². The van der Waals surface area contributed by atoms with Gasteiger partial charge in [0.05, 0.1) is 32.0 Å². The van der Waals surface area contributed by atoms with Crippen LogP contribution < -0.4 is 15.6 Å². The zero-order valence-electron chi connectivity index (χ0n) is 32.1. The number of hydrogen-bond acceptors (Lipinski definition) is 11. The molecule has 1 aromatic rings. The molecule has 2 aliphatic heterocycles. The fourth-order valence-corrected chi connectivity index (χ4v) is 11.3. The van der Waals surface area contributed by atoms with Crippen LogP contribution in [0.2, 0.25) is 0 Å². The predicted molar refractivity (Wildman–Crippen MR) is 198 cm³/mol. The van der Waals surface area contributed by atoms with Crippen molar-refractivity contribution in [1.82, 2.24) is 4.98 Å². The number of esters is 1. The number of rotatable bonds is 13. The lowest BCUT2D eigenvalue weighted by Crippen LogP contribution is -2.83. The zero-order valence-corrected chi connectivity index (χ0v) is 32.1. The normalized spacial score (nSPS) is 36.1. The second-order valence-electron chi connectivity index (χ2n) is 16.9. The lowest BCUT2D eigenvalue weighted by Gasteiger charge is -2.65. The van der Waals surface area contributed by atoms with Gasteiger partial charge in [0.25, 0.3) is 0 Å². The van der Waals surface area contributed by atoms with Crippen molar-refractivity contribution in [2.45, 2.75) is 138 Å². The molecule has 0 radical (unpaired) electrons. The van der Waals surface area contributed by atoms with Gasteiger partial charge in [-0.25, -0.2) is 4.79 Å². The fourth-order valence-electron chi connectivity index (χ4n) is 11.3. The van der Waals surface area contributed by atoms with E-state index in [2.05, 4.69) is 19.6 Å². The highest BCUT2D eigenvalue weighted by molar-refractivity contribution is 5.90. The molecule has 13 nitrogen and oxygen atoms in total. The van der Waals surface area contributed by atoms with E-state index in [0.717, 1.165) is 36.6 Å². The molecular weight excluding hydrogens is 710 g/mol. The molecule has 7 rings (SSSR count). The van der Waals surface area contributed by atoms with E-state index in [4.69, 9.17) is 23.9 Å². The molecular formula is C42H58NO12-. The number of carbonyl (C=O) groups is 2. The molecule has 1 saturated heterocycles. The van der Waals surface area contributed by atoms with E-state index >= 15 is 0 Å². The molecule has 2 spiro atoms. The van der Waals surface area contributed by atoms with E-state index in [0.29, 0.717) is 41.9 Å². The number of carboxylic acid groups (broad SMARTS) is 1. The smallest absolute Gasteiger partial charge is 0.333 e. The number of carboxylic acids is 1. The molecule has 304 valence electrons. The first kappa shape index (κ1) is 40.2. The molecule has 4 aliphatic carbocycles. The van der Waals surface area contributed by atoms with E-state index in [1.807, 2.05) is 0 Å². The van der Waals surface area contributed by atoms with Gasteiger partial charge in [-0.15, -0.1) is 6.58 Å². The number of ether oxygens (including phenoxy) is 4. The van der Waals surface area contributed by atoms with Crippen LogP contribution in [0.25, 0.3) is 11.3 Å². The molecule has 9 atom stereocenters. The van der Waals surface area contributed by atoms with Crippen molar-refractivity contribution in [2.75, 3.05) is 26.9 Å². The first-order valence-corrected chi connectivity index (χ1v) is 20.2. The summed E-state index contributed by atoms with van der Waals surface area (Å²) in [5.74, 6) is -4.76. The molecule has 6 aliphatic rings. The Bertz CT molecular complexity index is 1790. The number of methoxy groups -OCH3 is 1. The van der Waals surface area contributed by atoms with Crippen LogP contribution in [0, 0.1) is 23.2 Å². The van der Waals surface area contributed by atoms with E-state index in [-0.39, 0.29) is 37.4 Å². The van der Waals surface area contributed by atoms with Gasteiger partial charge >= 0.3 is 11.9 Å².